The number of aliphatic imine (C=N–C) groups is 1. The Morgan fingerprint density at radius 2 is 1.89 bits per heavy atom. The van der Waals surface area contributed by atoms with Crippen molar-refractivity contribution in [2.75, 3.05) is 0 Å². The van der Waals surface area contributed by atoms with E-state index >= 15 is 0 Å². The first-order chi connectivity index (χ1) is 4.09. The molecule has 0 spiro atoms. The molecule has 0 aromatic heterocycles. The molecule has 0 aliphatic heterocycles. The number of rotatable bonds is 2. The van der Waals surface area contributed by atoms with Crippen LogP contribution in [0.3, 0.4) is 0 Å². The highest BCUT2D eigenvalue weighted by atomic mass is 14.8. The van der Waals surface area contributed by atoms with Gasteiger partial charge >= 0.3 is 0 Å². The van der Waals surface area contributed by atoms with Gasteiger partial charge in [0.1, 0.15) is 5.84 Å². The van der Waals surface area contributed by atoms with E-state index in [1.165, 1.54) is 0 Å². The molecular formula is C7H14N2. The van der Waals surface area contributed by atoms with Crippen molar-refractivity contribution in [3.63, 3.8) is 0 Å². The van der Waals surface area contributed by atoms with Crippen LogP contribution in [-0.4, -0.2) is 12.6 Å². The number of nitrogens with zero attached hydrogens (tertiary/aromatic N) is 1. The Morgan fingerprint density at radius 1 is 1.44 bits per heavy atom. The van der Waals surface area contributed by atoms with Crippen molar-refractivity contribution in [2.45, 2.75) is 20.8 Å². The summed E-state index contributed by atoms with van der Waals surface area (Å²) in [5, 5.41) is 7.24. The Balaban J connectivity index is 3.87. The average molecular weight is 126 g/mol. The summed E-state index contributed by atoms with van der Waals surface area (Å²) in [4.78, 5) is 3.54. The first kappa shape index (κ1) is 8.34. The lowest BCUT2D eigenvalue weighted by Gasteiger charge is -2.11. The third-order valence-corrected chi connectivity index (χ3v) is 1.60. The van der Waals surface area contributed by atoms with Gasteiger partial charge in [-0.25, -0.2) is 4.99 Å². The van der Waals surface area contributed by atoms with Gasteiger partial charge in [-0.3, -0.25) is 5.41 Å². The van der Waals surface area contributed by atoms with Crippen molar-refractivity contribution in [3.8, 4) is 0 Å². The summed E-state index contributed by atoms with van der Waals surface area (Å²) in [5.41, 5.74) is 0. The monoisotopic (exact) mass is 126 g/mol. The zero-order chi connectivity index (χ0) is 7.44. The molecule has 0 amide bonds. The second-order valence-electron chi connectivity index (χ2n) is 2.58. The van der Waals surface area contributed by atoms with Crippen molar-refractivity contribution in [1.29, 1.82) is 5.41 Å². The van der Waals surface area contributed by atoms with Crippen LogP contribution in [0.1, 0.15) is 20.8 Å². The molecule has 0 aromatic carbocycles. The SMILES string of the molecule is C=NC(=N)C(C)C(C)C. The van der Waals surface area contributed by atoms with Crippen molar-refractivity contribution < 1.29 is 0 Å². The van der Waals surface area contributed by atoms with Crippen molar-refractivity contribution >= 4 is 12.6 Å². The molecule has 1 N–H and O–H groups in total. The van der Waals surface area contributed by atoms with E-state index in [0.29, 0.717) is 11.8 Å². The molecule has 0 saturated carbocycles. The van der Waals surface area contributed by atoms with Crippen LogP contribution < -0.4 is 0 Å². The van der Waals surface area contributed by atoms with Gasteiger partial charge in [0, 0.05) is 5.92 Å². The molecule has 0 radical (unpaired) electrons. The van der Waals surface area contributed by atoms with Crippen molar-refractivity contribution in [3.05, 3.63) is 0 Å². The van der Waals surface area contributed by atoms with Gasteiger partial charge in [-0.05, 0) is 12.6 Å². The maximum atomic E-state index is 7.24. The van der Waals surface area contributed by atoms with E-state index in [-0.39, 0.29) is 5.92 Å². The van der Waals surface area contributed by atoms with Gasteiger partial charge in [0.25, 0.3) is 0 Å². The van der Waals surface area contributed by atoms with Crippen LogP contribution in [0.15, 0.2) is 4.99 Å². The van der Waals surface area contributed by atoms with E-state index < -0.39 is 0 Å². The minimum absolute atomic E-state index is 0.238. The Labute approximate surface area is 56.5 Å². The molecular weight excluding hydrogens is 112 g/mol. The van der Waals surface area contributed by atoms with Crippen LogP contribution in [0.5, 0.6) is 0 Å². The number of hydrogen-bond acceptors (Lipinski definition) is 1. The molecule has 0 saturated heterocycles. The smallest absolute Gasteiger partial charge is 0.122 e. The highest BCUT2D eigenvalue weighted by Crippen LogP contribution is 2.10. The lowest BCUT2D eigenvalue weighted by atomic mass is 9.97. The third kappa shape index (κ3) is 2.40. The molecule has 0 heterocycles. The first-order valence-corrected chi connectivity index (χ1v) is 3.14. The third-order valence-electron chi connectivity index (χ3n) is 1.60. The summed E-state index contributed by atoms with van der Waals surface area (Å²) in [6, 6.07) is 0. The maximum absolute atomic E-state index is 7.24. The van der Waals surface area contributed by atoms with E-state index in [4.69, 9.17) is 5.41 Å². The lowest BCUT2D eigenvalue weighted by Crippen LogP contribution is -2.13. The fourth-order valence-corrected chi connectivity index (χ4v) is 0.460. The van der Waals surface area contributed by atoms with Crippen molar-refractivity contribution in [1.82, 2.24) is 0 Å². The Kier molecular flexibility index (Phi) is 3.13. The van der Waals surface area contributed by atoms with Crippen molar-refractivity contribution in [2.24, 2.45) is 16.8 Å². The van der Waals surface area contributed by atoms with Crippen LogP contribution in [0, 0.1) is 17.2 Å². The van der Waals surface area contributed by atoms with Crippen LogP contribution in [0.4, 0.5) is 0 Å². The molecule has 52 valence electrons. The summed E-state index contributed by atoms with van der Waals surface area (Å²) >= 11 is 0. The molecule has 2 heteroatoms. The standard InChI is InChI=1S/C7H14N2/c1-5(2)6(3)7(8)9-4/h5-6,8H,4H2,1-3H3. The van der Waals surface area contributed by atoms with Gasteiger partial charge in [-0.15, -0.1) is 0 Å². The predicted octanol–water partition coefficient (Wildman–Crippen LogP) is 1.96. The molecule has 0 aliphatic rings. The molecule has 0 aliphatic carbocycles. The molecule has 0 aromatic rings. The highest BCUT2D eigenvalue weighted by Gasteiger charge is 2.10. The van der Waals surface area contributed by atoms with E-state index in [2.05, 4.69) is 25.6 Å². The molecule has 0 fully saturated rings. The topological polar surface area (TPSA) is 36.2 Å². The fraction of sp³-hybridized carbons (Fsp3) is 0.714. The number of amidine groups is 1. The zero-order valence-corrected chi connectivity index (χ0v) is 6.31. The molecule has 1 atom stereocenters. The van der Waals surface area contributed by atoms with Crippen LogP contribution in [0.2, 0.25) is 0 Å². The second-order valence-corrected chi connectivity index (χ2v) is 2.58. The maximum Gasteiger partial charge on any atom is 0.122 e. The number of hydrogen-bond donors (Lipinski definition) is 1. The molecule has 1 unspecified atom stereocenters. The van der Waals surface area contributed by atoms with E-state index in [0.717, 1.165) is 0 Å². The minimum Gasteiger partial charge on any atom is -0.286 e. The second kappa shape index (κ2) is 3.38. The Morgan fingerprint density at radius 3 is 2.00 bits per heavy atom. The summed E-state index contributed by atoms with van der Waals surface area (Å²) in [7, 11) is 0. The number of nitrogens with one attached hydrogen (secondary N) is 1. The van der Waals surface area contributed by atoms with Crippen LogP contribution in [-0.2, 0) is 0 Å². The lowest BCUT2D eigenvalue weighted by molar-refractivity contribution is 0.527. The Hall–Kier alpha value is -0.660. The fourth-order valence-electron chi connectivity index (χ4n) is 0.460. The quantitative estimate of drug-likeness (QED) is 0.433. The van der Waals surface area contributed by atoms with Crippen LogP contribution >= 0.6 is 0 Å². The molecule has 0 bridgehead atoms. The van der Waals surface area contributed by atoms with Gasteiger partial charge in [0.2, 0.25) is 0 Å². The molecule has 2 nitrogen and oxygen atoms in total. The van der Waals surface area contributed by atoms with E-state index in [1.54, 1.807) is 0 Å². The molecule has 9 heavy (non-hydrogen) atoms. The summed E-state index contributed by atoms with van der Waals surface area (Å²) < 4.78 is 0. The van der Waals surface area contributed by atoms with Gasteiger partial charge in [0.05, 0.1) is 0 Å². The normalized spacial score (nSPS) is 13.3. The van der Waals surface area contributed by atoms with Gasteiger partial charge in [-0.1, -0.05) is 20.8 Å². The van der Waals surface area contributed by atoms with Gasteiger partial charge in [0.15, 0.2) is 0 Å². The van der Waals surface area contributed by atoms with E-state index in [9.17, 15) is 0 Å². The summed E-state index contributed by atoms with van der Waals surface area (Å²) in [6.07, 6.45) is 0. The van der Waals surface area contributed by atoms with Gasteiger partial charge in [-0.2, -0.15) is 0 Å². The minimum atomic E-state index is 0.238. The first-order valence-electron chi connectivity index (χ1n) is 3.14. The largest absolute Gasteiger partial charge is 0.286 e. The van der Waals surface area contributed by atoms with Crippen LogP contribution in [0.25, 0.3) is 0 Å². The zero-order valence-electron chi connectivity index (χ0n) is 6.31. The Bertz CT molecular complexity index is 116. The molecule has 0 rings (SSSR count). The van der Waals surface area contributed by atoms with E-state index in [1.807, 2.05) is 6.92 Å². The summed E-state index contributed by atoms with van der Waals surface area (Å²) in [6.45, 7) is 9.42. The highest BCUT2D eigenvalue weighted by molar-refractivity contribution is 5.85. The average Bonchev–Trinajstić information content (AvgIpc) is 1.84. The van der Waals surface area contributed by atoms with Gasteiger partial charge < -0.3 is 0 Å². The summed E-state index contributed by atoms with van der Waals surface area (Å²) in [5.74, 6) is 1.12. The predicted molar refractivity (Wildman–Crippen MR) is 41.3 cm³/mol.